The van der Waals surface area contributed by atoms with Crippen molar-refractivity contribution in [2.45, 2.75) is 154 Å². The van der Waals surface area contributed by atoms with Crippen molar-refractivity contribution in [1.29, 1.82) is 0 Å². The summed E-state index contributed by atoms with van der Waals surface area (Å²) in [5, 5.41) is 11.2. The molecule has 388 valence electrons. The van der Waals surface area contributed by atoms with Gasteiger partial charge in [0.2, 0.25) is 11.8 Å². The number of fused-ring (bicyclic) bond motifs is 4. The van der Waals surface area contributed by atoms with Gasteiger partial charge in [0.15, 0.2) is 0 Å². The molecule has 6 amide bonds. The van der Waals surface area contributed by atoms with Crippen LogP contribution in [0.5, 0.6) is 0 Å². The Hall–Kier alpha value is -6.70. The highest BCUT2D eigenvalue weighted by atomic mass is 16.2. The van der Waals surface area contributed by atoms with Gasteiger partial charge in [-0.2, -0.15) is 0 Å². The summed E-state index contributed by atoms with van der Waals surface area (Å²) in [6.07, 6.45) is 13.9. The van der Waals surface area contributed by atoms with Gasteiger partial charge in [-0.15, -0.1) is 0 Å². The highest BCUT2D eigenvalue weighted by molar-refractivity contribution is 5.90. The van der Waals surface area contributed by atoms with Gasteiger partial charge >= 0.3 is 12.1 Å². The van der Waals surface area contributed by atoms with Crippen LogP contribution in [0.1, 0.15) is 138 Å². The molecule has 14 rings (SSSR count). The lowest BCUT2D eigenvalue weighted by Crippen LogP contribution is -2.55. The Morgan fingerprint density at radius 2 is 0.959 bits per heavy atom. The molecule has 2 aliphatic heterocycles. The Labute approximate surface area is 435 Å². The number of nitrogens with one attached hydrogen (secondary N) is 6. The molecule has 4 fully saturated rings. The van der Waals surface area contributed by atoms with Crippen LogP contribution in [0, 0.1) is 23.7 Å². The molecule has 0 spiro atoms. The van der Waals surface area contributed by atoms with E-state index in [-0.39, 0.29) is 59.9 Å². The van der Waals surface area contributed by atoms with Gasteiger partial charge in [-0.05, 0) is 157 Å². The van der Waals surface area contributed by atoms with Gasteiger partial charge in [0.25, 0.3) is 0 Å². The van der Waals surface area contributed by atoms with Crippen molar-refractivity contribution in [1.82, 2.24) is 51.0 Å². The van der Waals surface area contributed by atoms with E-state index in [1.807, 2.05) is 27.7 Å². The van der Waals surface area contributed by atoms with Crippen molar-refractivity contribution in [2.75, 3.05) is 14.1 Å². The smallest absolute Gasteiger partial charge is 0.315 e. The minimum atomic E-state index is -0.631. The summed E-state index contributed by atoms with van der Waals surface area (Å²) in [5.74, 6) is 2.27. The molecule has 2 aromatic heterocycles. The van der Waals surface area contributed by atoms with Crippen molar-refractivity contribution < 1.29 is 19.2 Å². The largest absolute Gasteiger partial charge is 0.341 e. The summed E-state index contributed by atoms with van der Waals surface area (Å²) in [6.45, 7) is 7.97. The number of hydrogen-bond donors (Lipinski definition) is 6. The average molecular weight is 999 g/mol. The van der Waals surface area contributed by atoms with Gasteiger partial charge in [0.05, 0.1) is 34.2 Å². The Kier molecular flexibility index (Phi) is 13.7. The monoisotopic (exact) mass is 999 g/mol. The quantitative estimate of drug-likeness (QED) is 0.0795. The summed E-state index contributed by atoms with van der Waals surface area (Å²) in [7, 11) is 3.17. The van der Waals surface area contributed by atoms with E-state index in [0.717, 1.165) is 122 Å². The lowest BCUT2D eigenvalue weighted by Gasteiger charge is -2.36. The molecule has 6 aliphatic carbocycles. The molecule has 0 radical (unpaired) electrons. The lowest BCUT2D eigenvalue weighted by molar-refractivity contribution is -0.139. The molecule has 4 aromatic carbocycles. The van der Waals surface area contributed by atoms with Crippen LogP contribution in [0.25, 0.3) is 44.3 Å². The maximum Gasteiger partial charge on any atom is 0.315 e. The third kappa shape index (κ3) is 9.42. The first kappa shape index (κ1) is 49.5. The van der Waals surface area contributed by atoms with Crippen molar-refractivity contribution in [3.05, 3.63) is 107 Å². The van der Waals surface area contributed by atoms with E-state index in [9.17, 15) is 19.2 Å². The van der Waals surface area contributed by atoms with Gasteiger partial charge in [-0.3, -0.25) is 9.59 Å². The molecular weight excluding hydrogens is 925 g/mol. The number of amides is 6. The highest BCUT2D eigenvalue weighted by Gasteiger charge is 2.50. The number of nitrogens with zero attached hydrogens (tertiary/aromatic N) is 4. The van der Waals surface area contributed by atoms with Crippen LogP contribution >= 0.6 is 0 Å². The molecule has 14 nitrogen and oxygen atoms in total. The molecule has 6 aromatic rings. The fourth-order valence-electron chi connectivity index (χ4n) is 13.6. The predicted octanol–water partition coefficient (Wildman–Crippen LogP) is 10.2. The molecule has 8 atom stereocenters. The summed E-state index contributed by atoms with van der Waals surface area (Å²) in [6, 6.07) is 25.1. The third-order valence-electron chi connectivity index (χ3n) is 17.5. The number of imidazole rings is 2. The first-order valence-corrected chi connectivity index (χ1v) is 27.7. The van der Waals surface area contributed by atoms with Crippen LogP contribution < -0.4 is 21.3 Å². The number of carbonyl (C=O) groups excluding carboxylic acids is 4. The molecule has 2 saturated carbocycles. The molecule has 4 heterocycles. The topological polar surface area (TPSA) is 180 Å². The van der Waals surface area contributed by atoms with Crippen molar-refractivity contribution >= 4 is 45.9 Å². The van der Waals surface area contributed by atoms with E-state index in [1.165, 1.54) is 46.2 Å². The fourth-order valence-corrected chi connectivity index (χ4v) is 13.6. The number of likely N-dealkylation sites (tertiary alicyclic amines) is 2. The number of urea groups is 2. The maximum absolute atomic E-state index is 14.5. The van der Waals surface area contributed by atoms with Gasteiger partial charge in [0, 0.05) is 26.2 Å². The second-order valence-electron chi connectivity index (χ2n) is 22.8. The van der Waals surface area contributed by atoms with Crippen LogP contribution in [-0.2, 0) is 35.3 Å². The van der Waals surface area contributed by atoms with Gasteiger partial charge in [0.1, 0.15) is 23.7 Å². The summed E-state index contributed by atoms with van der Waals surface area (Å²) < 4.78 is 0. The van der Waals surface area contributed by atoms with Gasteiger partial charge in [-0.1, -0.05) is 102 Å². The maximum atomic E-state index is 14.5. The summed E-state index contributed by atoms with van der Waals surface area (Å²) in [5.41, 5.74) is 13.6. The van der Waals surface area contributed by atoms with Gasteiger partial charge in [-0.25, -0.2) is 19.6 Å². The number of hydrogen-bond acceptors (Lipinski definition) is 6. The Balaban J connectivity index is 0.849. The van der Waals surface area contributed by atoms with Crippen molar-refractivity contribution in [3.63, 3.8) is 0 Å². The molecular formula is C60H74N10O4. The normalized spacial score (nSPS) is 23.4. The SMILES string of the molecule is CNC(=O)N[C@H](C(=O)N1[C@H](c2nc3cc(-c4cc5ccc4CCc4ccc(c(-c6ccc7[nH]c([C@@H]8C[C@@H]9CCCC[C@@H]9N8C(=O)[C@@H](NC(=O)NC)C(C)C)nc7c6)c4)CC5)ccc3[nH]2)C[C@@H]2CCCC[C@@H]21)C(C)C. The molecule has 74 heavy (non-hydrogen) atoms. The van der Waals surface area contributed by atoms with Crippen LogP contribution in [0.3, 0.4) is 0 Å². The van der Waals surface area contributed by atoms with E-state index < -0.39 is 12.1 Å². The molecule has 2 saturated heterocycles. The second kappa shape index (κ2) is 20.5. The lowest BCUT2D eigenvalue weighted by atomic mass is 9.84. The van der Waals surface area contributed by atoms with E-state index in [1.54, 1.807) is 14.1 Å². The van der Waals surface area contributed by atoms with Crippen molar-refractivity contribution in [2.24, 2.45) is 23.7 Å². The second-order valence-corrected chi connectivity index (χ2v) is 22.8. The highest BCUT2D eigenvalue weighted by Crippen LogP contribution is 2.48. The van der Waals surface area contributed by atoms with Gasteiger partial charge < -0.3 is 41.0 Å². The van der Waals surface area contributed by atoms with E-state index in [4.69, 9.17) is 9.97 Å². The standard InChI is InChI=1S/C60H74N10O4/c1-33(2)53(67-59(73)61-5)57(71)69-49-13-9-7-11-41(49)31-51(69)55-63-45-25-23-39(29-47(45)65-55)43-27-35-15-19-37(43)21-17-36-16-20-38(22-18-35)44(28-36)40-24-26-46-48(30-40)66-56(64-46)52-32-42-12-8-10-14-50(42)70(52)58(72)54(34(3)4)68-60(74)62-6/h15-16,19-20,23-30,33-34,41-42,49-54H,7-14,17-18,21-22,31-32H2,1-6H3,(H,63,65)(H,64,66)(H2,61,67,73)(H2,62,68,74)/t41-,42-,49-,50-,51-,52-,53-,54-/m0/s1. The molecule has 8 aliphatic rings. The number of aromatic nitrogens is 4. The Morgan fingerprint density at radius 1 is 0.541 bits per heavy atom. The zero-order valence-corrected chi connectivity index (χ0v) is 44.0. The fraction of sp³-hybridized carbons (Fsp3) is 0.500. The third-order valence-corrected chi connectivity index (χ3v) is 17.5. The first-order chi connectivity index (χ1) is 35.8. The minimum Gasteiger partial charge on any atom is -0.341 e. The van der Waals surface area contributed by atoms with Crippen LogP contribution in [0.2, 0.25) is 0 Å². The van der Waals surface area contributed by atoms with Crippen LogP contribution in [0.15, 0.2) is 72.8 Å². The Bertz CT molecular complexity index is 2900. The zero-order chi connectivity index (χ0) is 51.4. The number of aryl methyl sites for hydroxylation is 4. The average Bonchev–Trinajstić information content (AvgIpc) is 4.21. The number of rotatable bonds is 10. The first-order valence-electron chi connectivity index (χ1n) is 27.7. The molecule has 6 N–H and O–H groups in total. The molecule has 0 unspecified atom stereocenters. The number of aromatic amines is 2. The number of carbonyl (C=O) groups is 4. The van der Waals surface area contributed by atoms with Crippen LogP contribution in [-0.4, -0.2) is 91.9 Å². The predicted molar refractivity (Wildman–Crippen MR) is 290 cm³/mol. The number of benzene rings is 4. The Morgan fingerprint density at radius 3 is 1.36 bits per heavy atom. The minimum absolute atomic E-state index is 0.0259. The van der Waals surface area contributed by atoms with E-state index >= 15 is 0 Å². The molecule has 14 heteroatoms. The molecule has 4 bridgehead atoms. The van der Waals surface area contributed by atoms with E-state index in [0.29, 0.717) is 11.8 Å². The van der Waals surface area contributed by atoms with Crippen LogP contribution in [0.4, 0.5) is 9.59 Å². The summed E-state index contributed by atoms with van der Waals surface area (Å²) >= 11 is 0. The summed E-state index contributed by atoms with van der Waals surface area (Å²) in [4.78, 5) is 76.1. The van der Waals surface area contributed by atoms with E-state index in [2.05, 4.69) is 114 Å². The van der Waals surface area contributed by atoms with Crippen molar-refractivity contribution in [3.8, 4) is 22.3 Å². The number of H-pyrrole nitrogens is 2. The zero-order valence-electron chi connectivity index (χ0n) is 44.0.